The topological polar surface area (TPSA) is 93.6 Å². The number of aliphatic hydroxyl groups is 3. The summed E-state index contributed by atoms with van der Waals surface area (Å²) in [6.45, 7) is -0.183. The molecular formula is C11H13NO4S. The van der Waals surface area contributed by atoms with Crippen molar-refractivity contribution in [1.29, 1.82) is 0 Å². The highest BCUT2D eigenvalue weighted by molar-refractivity contribution is 7.16. The van der Waals surface area contributed by atoms with E-state index in [0.29, 0.717) is 11.1 Å². The summed E-state index contributed by atoms with van der Waals surface area (Å²) in [6.07, 6.45) is -1.94. The molecule has 0 saturated heterocycles. The number of thiazole rings is 1. The van der Waals surface area contributed by atoms with Crippen LogP contribution in [0.3, 0.4) is 0 Å². The molecule has 1 heterocycles. The van der Waals surface area contributed by atoms with Crippen molar-refractivity contribution in [2.45, 2.75) is 18.6 Å². The number of aromatic nitrogens is 1. The van der Waals surface area contributed by atoms with E-state index in [1.807, 2.05) is 0 Å². The molecule has 0 aliphatic heterocycles. The number of aliphatic hydroxyl groups excluding tert-OH is 3. The molecule has 17 heavy (non-hydrogen) atoms. The number of hydrogen-bond donors (Lipinski definition) is 4. The highest BCUT2D eigenvalue weighted by atomic mass is 32.1. The molecule has 2 aromatic rings. The normalized spacial score (nSPS) is 15.0. The van der Waals surface area contributed by atoms with E-state index in [-0.39, 0.29) is 17.9 Å². The number of H-pyrrole nitrogens is 1. The van der Waals surface area contributed by atoms with E-state index >= 15 is 0 Å². The van der Waals surface area contributed by atoms with Crippen LogP contribution < -0.4 is 4.87 Å². The Bertz CT molecular complexity index is 562. The summed E-state index contributed by atoms with van der Waals surface area (Å²) in [4.78, 5) is 13.6. The summed E-state index contributed by atoms with van der Waals surface area (Å²) in [6, 6.07) is 5.01. The predicted octanol–water partition coefficient (Wildman–Crippen LogP) is 0.366. The minimum Gasteiger partial charge on any atom is -0.396 e. The van der Waals surface area contributed by atoms with Gasteiger partial charge in [-0.05, 0) is 24.1 Å². The summed E-state index contributed by atoms with van der Waals surface area (Å²) < 4.78 is 0.739. The number of fused-ring (bicyclic) bond motifs is 1. The lowest BCUT2D eigenvalue weighted by atomic mass is 10.0. The van der Waals surface area contributed by atoms with Crippen LogP contribution in [0, 0.1) is 0 Å². The zero-order chi connectivity index (χ0) is 12.4. The fourth-order valence-electron chi connectivity index (χ4n) is 1.66. The van der Waals surface area contributed by atoms with Crippen LogP contribution in [0.4, 0.5) is 0 Å². The van der Waals surface area contributed by atoms with Crippen LogP contribution in [-0.2, 0) is 0 Å². The second-order valence-electron chi connectivity index (χ2n) is 3.79. The predicted molar refractivity (Wildman–Crippen MR) is 65.1 cm³/mol. The van der Waals surface area contributed by atoms with Crippen molar-refractivity contribution >= 4 is 21.6 Å². The average molecular weight is 255 g/mol. The standard InChI is InChI=1S/C11H13NO4S/c13-4-3-8(14)10(15)6-1-2-7-9(5-6)17-11(16)12-7/h1-2,5,8,10,13-15H,3-4H2,(H,12,16). The van der Waals surface area contributed by atoms with E-state index < -0.39 is 12.2 Å². The van der Waals surface area contributed by atoms with Crippen LogP contribution in [0.15, 0.2) is 23.0 Å². The Kier molecular flexibility index (Phi) is 3.58. The van der Waals surface area contributed by atoms with E-state index in [2.05, 4.69) is 4.98 Å². The molecule has 2 unspecified atom stereocenters. The van der Waals surface area contributed by atoms with Crippen LogP contribution in [0.5, 0.6) is 0 Å². The first-order valence-electron chi connectivity index (χ1n) is 5.21. The molecule has 2 rings (SSSR count). The van der Waals surface area contributed by atoms with Gasteiger partial charge in [0.2, 0.25) is 0 Å². The lowest BCUT2D eigenvalue weighted by Crippen LogP contribution is -2.19. The first-order valence-corrected chi connectivity index (χ1v) is 6.03. The van der Waals surface area contributed by atoms with Crippen LogP contribution in [0.25, 0.3) is 10.2 Å². The fourth-order valence-corrected chi connectivity index (χ4v) is 2.44. The molecule has 1 aromatic heterocycles. The van der Waals surface area contributed by atoms with Gasteiger partial charge in [0.1, 0.15) is 6.10 Å². The van der Waals surface area contributed by atoms with E-state index in [0.717, 1.165) is 16.0 Å². The Morgan fingerprint density at radius 2 is 2.12 bits per heavy atom. The molecule has 0 aliphatic carbocycles. The summed E-state index contributed by atoms with van der Waals surface area (Å²) in [5.41, 5.74) is 1.25. The Hall–Kier alpha value is -1.21. The lowest BCUT2D eigenvalue weighted by Gasteiger charge is -2.17. The molecule has 0 bridgehead atoms. The van der Waals surface area contributed by atoms with Gasteiger partial charge in [-0.25, -0.2) is 0 Å². The Morgan fingerprint density at radius 1 is 1.35 bits per heavy atom. The highest BCUT2D eigenvalue weighted by Crippen LogP contribution is 2.23. The van der Waals surface area contributed by atoms with Crippen LogP contribution >= 0.6 is 11.3 Å². The molecule has 2 atom stereocenters. The Labute approximate surface area is 101 Å². The zero-order valence-corrected chi connectivity index (χ0v) is 9.78. The molecule has 1 aromatic carbocycles. The van der Waals surface area contributed by atoms with E-state index in [4.69, 9.17) is 5.11 Å². The summed E-state index contributed by atoms with van der Waals surface area (Å²) in [5.74, 6) is 0. The molecule has 0 amide bonds. The second-order valence-corrected chi connectivity index (χ2v) is 4.81. The van der Waals surface area contributed by atoms with Gasteiger partial charge >= 0.3 is 4.87 Å². The zero-order valence-electron chi connectivity index (χ0n) is 8.96. The summed E-state index contributed by atoms with van der Waals surface area (Å²) in [7, 11) is 0. The van der Waals surface area contributed by atoms with Crippen molar-refractivity contribution in [3.05, 3.63) is 33.4 Å². The van der Waals surface area contributed by atoms with Crippen molar-refractivity contribution in [1.82, 2.24) is 4.98 Å². The molecular weight excluding hydrogens is 242 g/mol. The van der Waals surface area contributed by atoms with Crippen molar-refractivity contribution in [3.8, 4) is 0 Å². The van der Waals surface area contributed by atoms with Crippen LogP contribution in [0.1, 0.15) is 18.1 Å². The van der Waals surface area contributed by atoms with Gasteiger partial charge in [-0.1, -0.05) is 17.4 Å². The minimum absolute atomic E-state index is 0.114. The smallest absolute Gasteiger partial charge is 0.305 e. The Balaban J connectivity index is 2.32. The number of benzene rings is 1. The quantitative estimate of drug-likeness (QED) is 0.635. The first kappa shape index (κ1) is 12.3. The molecule has 6 heteroatoms. The number of hydrogen-bond acceptors (Lipinski definition) is 5. The summed E-state index contributed by atoms with van der Waals surface area (Å²) >= 11 is 1.06. The third kappa shape index (κ3) is 2.55. The molecule has 0 fully saturated rings. The minimum atomic E-state index is -1.05. The number of aromatic amines is 1. The maximum absolute atomic E-state index is 11.1. The van der Waals surface area contributed by atoms with Crippen molar-refractivity contribution in [2.24, 2.45) is 0 Å². The van der Waals surface area contributed by atoms with Gasteiger partial charge in [0, 0.05) is 6.61 Å². The fraction of sp³-hybridized carbons (Fsp3) is 0.364. The van der Waals surface area contributed by atoms with Gasteiger partial charge in [-0.15, -0.1) is 0 Å². The second kappa shape index (κ2) is 4.97. The Morgan fingerprint density at radius 3 is 2.82 bits per heavy atom. The summed E-state index contributed by atoms with van der Waals surface area (Å²) in [5, 5.41) is 28.1. The third-order valence-corrected chi connectivity index (χ3v) is 3.42. The van der Waals surface area contributed by atoms with Gasteiger partial charge in [-0.3, -0.25) is 4.79 Å². The first-order chi connectivity index (χ1) is 8.11. The molecule has 0 radical (unpaired) electrons. The van der Waals surface area contributed by atoms with E-state index in [1.54, 1.807) is 18.2 Å². The largest absolute Gasteiger partial charge is 0.396 e. The molecule has 0 aliphatic rings. The van der Waals surface area contributed by atoms with Gasteiger partial charge < -0.3 is 20.3 Å². The van der Waals surface area contributed by atoms with Gasteiger partial charge in [0.25, 0.3) is 0 Å². The van der Waals surface area contributed by atoms with Crippen molar-refractivity contribution < 1.29 is 15.3 Å². The number of nitrogens with one attached hydrogen (secondary N) is 1. The molecule has 0 saturated carbocycles. The van der Waals surface area contributed by atoms with Crippen LogP contribution in [-0.4, -0.2) is 33.0 Å². The SMILES string of the molecule is O=c1[nH]c2ccc(C(O)C(O)CCO)cc2s1. The molecule has 4 N–H and O–H groups in total. The number of rotatable bonds is 4. The van der Waals surface area contributed by atoms with Gasteiger partial charge in [0.05, 0.1) is 16.3 Å². The monoisotopic (exact) mass is 255 g/mol. The molecule has 5 nitrogen and oxygen atoms in total. The van der Waals surface area contributed by atoms with Crippen LogP contribution in [0.2, 0.25) is 0 Å². The van der Waals surface area contributed by atoms with Crippen molar-refractivity contribution in [2.75, 3.05) is 6.61 Å². The third-order valence-electron chi connectivity index (χ3n) is 2.58. The average Bonchev–Trinajstić information content (AvgIpc) is 2.67. The lowest BCUT2D eigenvalue weighted by molar-refractivity contribution is 0.00429. The maximum atomic E-state index is 11.1. The van der Waals surface area contributed by atoms with E-state index in [1.165, 1.54) is 0 Å². The maximum Gasteiger partial charge on any atom is 0.305 e. The van der Waals surface area contributed by atoms with Gasteiger partial charge in [0.15, 0.2) is 0 Å². The molecule has 0 spiro atoms. The highest BCUT2D eigenvalue weighted by Gasteiger charge is 2.18. The van der Waals surface area contributed by atoms with Crippen molar-refractivity contribution in [3.63, 3.8) is 0 Å². The molecule has 92 valence electrons. The van der Waals surface area contributed by atoms with E-state index in [9.17, 15) is 15.0 Å². The van der Waals surface area contributed by atoms with Gasteiger partial charge in [-0.2, -0.15) is 0 Å².